The minimum Gasteiger partial charge on any atom is -0.465 e. The Bertz CT molecular complexity index is 1160. The molecular formula is C28H33ClN4O3. The quantitative estimate of drug-likeness (QED) is 0.222. The first-order valence-corrected chi connectivity index (χ1v) is 12.4. The smallest absolute Gasteiger partial charge is 0.323 e. The molecule has 1 heterocycles. The summed E-state index contributed by atoms with van der Waals surface area (Å²) in [5.74, 6) is 0.140. The van der Waals surface area contributed by atoms with Crippen LogP contribution in [0.5, 0.6) is 0 Å². The highest BCUT2D eigenvalue weighted by atomic mass is 35.5. The summed E-state index contributed by atoms with van der Waals surface area (Å²) in [5, 5.41) is 17.4. The molecule has 0 saturated heterocycles. The molecule has 3 rings (SSSR count). The fraction of sp³-hybridized carbons (Fsp3) is 0.321. The normalized spacial score (nSPS) is 12.9. The number of benzene rings is 2. The van der Waals surface area contributed by atoms with Gasteiger partial charge in [0.15, 0.2) is 0 Å². The molecule has 1 aromatic heterocycles. The van der Waals surface area contributed by atoms with Crippen LogP contribution in [0, 0.1) is 20.8 Å². The molecule has 7 nitrogen and oxygen atoms in total. The highest BCUT2D eigenvalue weighted by molar-refractivity contribution is 6.31. The lowest BCUT2D eigenvalue weighted by molar-refractivity contribution is -0.147. The number of ether oxygens (including phenoxy) is 1. The zero-order valence-electron chi connectivity index (χ0n) is 21.1. The molecule has 2 atom stereocenters. The Morgan fingerprint density at radius 3 is 2.44 bits per heavy atom. The number of aliphatic hydroxyl groups excluding tert-OH is 1. The summed E-state index contributed by atoms with van der Waals surface area (Å²) < 4.78 is 5.34. The van der Waals surface area contributed by atoms with Crippen molar-refractivity contribution in [1.82, 2.24) is 15.3 Å². The third-order valence-electron chi connectivity index (χ3n) is 5.47. The minimum atomic E-state index is -1.11. The number of hydrogen-bond acceptors (Lipinski definition) is 7. The number of aliphatic hydroxyl groups is 1. The lowest BCUT2D eigenvalue weighted by atomic mass is 10.1. The van der Waals surface area contributed by atoms with Crippen LogP contribution in [-0.2, 0) is 9.53 Å². The molecule has 2 unspecified atom stereocenters. The number of aryl methyl sites for hydroxylation is 3. The van der Waals surface area contributed by atoms with Gasteiger partial charge >= 0.3 is 5.97 Å². The largest absolute Gasteiger partial charge is 0.465 e. The van der Waals surface area contributed by atoms with Gasteiger partial charge in [0.25, 0.3) is 0 Å². The Kier molecular flexibility index (Phi) is 9.99. The molecule has 0 radical (unpaired) electrons. The predicted octanol–water partition coefficient (Wildman–Crippen LogP) is 5.80. The molecule has 2 aromatic carbocycles. The molecule has 190 valence electrons. The van der Waals surface area contributed by atoms with Crippen molar-refractivity contribution < 1.29 is 14.6 Å². The molecule has 0 amide bonds. The summed E-state index contributed by atoms with van der Waals surface area (Å²) in [7, 11) is 0. The number of carbonyl (C=O) groups is 1. The average molecular weight is 509 g/mol. The van der Waals surface area contributed by atoms with Crippen molar-refractivity contribution in [3.8, 4) is 0 Å². The molecular weight excluding hydrogens is 476 g/mol. The summed E-state index contributed by atoms with van der Waals surface area (Å²) in [5.41, 5.74) is 5.02. The van der Waals surface area contributed by atoms with Crippen LogP contribution in [0.3, 0.4) is 0 Å². The van der Waals surface area contributed by atoms with Crippen LogP contribution in [0.4, 0.5) is 11.6 Å². The number of carbonyl (C=O) groups excluding carboxylic acids is 1. The third kappa shape index (κ3) is 7.88. The highest BCUT2D eigenvalue weighted by Crippen LogP contribution is 2.25. The number of halogens is 1. The summed E-state index contributed by atoms with van der Waals surface area (Å²) in [6, 6.07) is 14.4. The van der Waals surface area contributed by atoms with Gasteiger partial charge in [-0.05, 0) is 69.0 Å². The van der Waals surface area contributed by atoms with Gasteiger partial charge in [-0.1, -0.05) is 54.9 Å². The van der Waals surface area contributed by atoms with E-state index in [4.69, 9.17) is 16.3 Å². The monoisotopic (exact) mass is 508 g/mol. The second-order valence-electron chi connectivity index (χ2n) is 8.62. The van der Waals surface area contributed by atoms with E-state index in [1.165, 1.54) is 0 Å². The van der Waals surface area contributed by atoms with E-state index in [0.717, 1.165) is 28.2 Å². The number of rotatable bonds is 11. The van der Waals surface area contributed by atoms with E-state index < -0.39 is 18.2 Å². The van der Waals surface area contributed by atoms with E-state index in [-0.39, 0.29) is 0 Å². The standard InChI is InChI=1S/C28H33ClN4O3/c1-5-16-36-27(35)24(33-26(34)25-18(2)8-6-10-23(25)29)11-7-9-21-12-14-22(15-13-21)32-28-30-19(3)17-20(4)31-28/h6-10,12-15,17,24,26,33-34H,5,11,16H2,1-4H3,(H,30,31,32)/b9-7+. The van der Waals surface area contributed by atoms with Gasteiger partial charge in [-0.25, -0.2) is 9.97 Å². The molecule has 3 N–H and O–H groups in total. The van der Waals surface area contributed by atoms with Crippen molar-refractivity contribution in [2.24, 2.45) is 0 Å². The third-order valence-corrected chi connectivity index (χ3v) is 5.80. The van der Waals surface area contributed by atoms with Crippen LogP contribution in [0.2, 0.25) is 5.02 Å². The minimum absolute atomic E-state index is 0.320. The van der Waals surface area contributed by atoms with Crippen LogP contribution in [0.15, 0.2) is 54.6 Å². The number of aromatic nitrogens is 2. The van der Waals surface area contributed by atoms with Crippen LogP contribution in [0.25, 0.3) is 6.08 Å². The van der Waals surface area contributed by atoms with E-state index in [1.807, 2.05) is 82.3 Å². The zero-order valence-corrected chi connectivity index (χ0v) is 21.8. The first kappa shape index (κ1) is 27.3. The summed E-state index contributed by atoms with van der Waals surface area (Å²) >= 11 is 6.29. The first-order valence-electron chi connectivity index (χ1n) is 12.0. The van der Waals surface area contributed by atoms with Crippen LogP contribution in [-0.4, -0.2) is 33.7 Å². The van der Waals surface area contributed by atoms with E-state index in [9.17, 15) is 9.90 Å². The molecule has 0 aliphatic carbocycles. The van der Waals surface area contributed by atoms with Crippen molar-refractivity contribution in [2.45, 2.75) is 52.8 Å². The van der Waals surface area contributed by atoms with Gasteiger partial charge in [-0.15, -0.1) is 0 Å². The SMILES string of the molecule is CCCOC(=O)C(C/C=C/c1ccc(Nc2nc(C)cc(C)n2)cc1)NC(O)c1c(C)cccc1Cl. The van der Waals surface area contributed by atoms with Gasteiger partial charge in [0.2, 0.25) is 5.95 Å². The molecule has 0 aliphatic heterocycles. The van der Waals surface area contributed by atoms with E-state index in [1.54, 1.807) is 6.07 Å². The summed E-state index contributed by atoms with van der Waals surface area (Å²) in [4.78, 5) is 21.5. The molecule has 8 heteroatoms. The topological polar surface area (TPSA) is 96.4 Å². The van der Waals surface area contributed by atoms with Gasteiger partial charge in [0, 0.05) is 27.7 Å². The van der Waals surface area contributed by atoms with E-state index in [0.29, 0.717) is 36.0 Å². The molecule has 0 aliphatic rings. The van der Waals surface area contributed by atoms with Crippen molar-refractivity contribution in [3.05, 3.63) is 87.7 Å². The number of nitrogens with one attached hydrogen (secondary N) is 2. The lowest BCUT2D eigenvalue weighted by Crippen LogP contribution is -2.40. The van der Waals surface area contributed by atoms with Gasteiger partial charge in [-0.3, -0.25) is 10.1 Å². The van der Waals surface area contributed by atoms with Crippen molar-refractivity contribution in [3.63, 3.8) is 0 Å². The van der Waals surface area contributed by atoms with Gasteiger partial charge in [0.1, 0.15) is 12.3 Å². The molecule has 36 heavy (non-hydrogen) atoms. The number of hydrogen-bond donors (Lipinski definition) is 3. The zero-order chi connectivity index (χ0) is 26.1. The Balaban J connectivity index is 1.66. The van der Waals surface area contributed by atoms with Crippen molar-refractivity contribution in [2.75, 3.05) is 11.9 Å². The Morgan fingerprint density at radius 2 is 1.81 bits per heavy atom. The Hall–Kier alpha value is -3.26. The van der Waals surface area contributed by atoms with Crippen LogP contribution >= 0.6 is 11.6 Å². The second kappa shape index (κ2) is 13.2. The maximum Gasteiger partial charge on any atom is 0.323 e. The number of esters is 1. The van der Waals surface area contributed by atoms with E-state index in [2.05, 4.69) is 20.6 Å². The van der Waals surface area contributed by atoms with Gasteiger partial charge in [-0.2, -0.15) is 0 Å². The van der Waals surface area contributed by atoms with E-state index >= 15 is 0 Å². The maximum atomic E-state index is 12.7. The summed E-state index contributed by atoms with van der Waals surface area (Å²) in [6.07, 6.45) is 3.75. The van der Waals surface area contributed by atoms with Crippen molar-refractivity contribution in [1.29, 1.82) is 0 Å². The first-order chi connectivity index (χ1) is 17.3. The summed E-state index contributed by atoms with van der Waals surface area (Å²) in [6.45, 7) is 7.98. The van der Waals surface area contributed by atoms with Gasteiger partial charge < -0.3 is 15.2 Å². The lowest BCUT2D eigenvalue weighted by Gasteiger charge is -2.22. The molecule has 3 aromatic rings. The van der Waals surface area contributed by atoms with Crippen LogP contribution in [0.1, 0.15) is 54.1 Å². The fourth-order valence-electron chi connectivity index (χ4n) is 3.73. The predicted molar refractivity (Wildman–Crippen MR) is 144 cm³/mol. The average Bonchev–Trinajstić information content (AvgIpc) is 2.82. The van der Waals surface area contributed by atoms with Gasteiger partial charge in [0.05, 0.1) is 6.61 Å². The molecule has 0 saturated carbocycles. The highest BCUT2D eigenvalue weighted by Gasteiger charge is 2.24. The van der Waals surface area contributed by atoms with Crippen LogP contribution < -0.4 is 10.6 Å². The molecule has 0 spiro atoms. The Labute approximate surface area is 217 Å². The van der Waals surface area contributed by atoms with Crippen molar-refractivity contribution >= 4 is 35.3 Å². The fourth-order valence-corrected chi connectivity index (χ4v) is 4.05. The number of anilines is 2. The maximum absolute atomic E-state index is 12.7. The second-order valence-corrected chi connectivity index (χ2v) is 9.03. The molecule has 0 fully saturated rings. The molecule has 0 bridgehead atoms. The Morgan fingerprint density at radius 1 is 1.11 bits per heavy atom. The number of nitrogens with zero attached hydrogens (tertiary/aromatic N) is 2.